The van der Waals surface area contributed by atoms with Crippen LogP contribution in [-0.2, 0) is 20.7 Å². The minimum Gasteiger partial charge on any atom is -0.469 e. The van der Waals surface area contributed by atoms with Crippen LogP contribution in [0.2, 0.25) is 0 Å². The Bertz CT molecular complexity index is 831. The highest BCUT2D eigenvalue weighted by Gasteiger charge is 2.23. The monoisotopic (exact) mass is 380 g/mol. The fourth-order valence-corrected chi connectivity index (χ4v) is 3.82. The summed E-state index contributed by atoms with van der Waals surface area (Å²) in [5.41, 5.74) is 7.32. The van der Waals surface area contributed by atoms with Gasteiger partial charge in [-0.15, -0.1) is 11.8 Å². The molecule has 5 nitrogen and oxygen atoms in total. The Morgan fingerprint density at radius 2 is 2.00 bits per heavy atom. The second-order valence-electron chi connectivity index (χ2n) is 5.12. The molecule has 0 saturated carbocycles. The minimum atomic E-state index is -0.586. The lowest BCUT2D eigenvalue weighted by molar-refractivity contribution is -0.142. The molecule has 0 radical (unpaired) electrons. The largest absolute Gasteiger partial charge is 0.469 e. The zero-order chi connectivity index (χ0) is 19.1. The first-order chi connectivity index (χ1) is 11.9. The first-order valence-corrected chi connectivity index (χ1v) is 9.61. The van der Waals surface area contributed by atoms with Crippen LogP contribution in [-0.4, -0.2) is 30.2 Å². The lowest BCUT2D eigenvalue weighted by atomic mass is 9.95. The molecule has 1 aromatic heterocycles. The molecule has 7 heteroatoms. The van der Waals surface area contributed by atoms with Crippen LogP contribution in [0.25, 0.3) is 10.9 Å². The molecule has 2 aromatic rings. The quantitative estimate of drug-likeness (QED) is 0.466. The molecule has 1 aromatic carbocycles. The van der Waals surface area contributed by atoms with Crippen molar-refractivity contribution in [3.63, 3.8) is 0 Å². The Balaban J connectivity index is 0.00000151. The molecule has 0 fully saturated rings. The SMILES string of the molecule is CC.COC(=O)C(C)c1c(CC(N)=O)[nH]c2cccc(SC)c2c1=S. The number of primary amides is 1. The number of amides is 1. The molecule has 0 aliphatic carbocycles. The summed E-state index contributed by atoms with van der Waals surface area (Å²) in [7, 11) is 1.33. The molecule has 0 saturated heterocycles. The van der Waals surface area contributed by atoms with Crippen molar-refractivity contribution in [3.8, 4) is 0 Å². The number of aromatic nitrogens is 1. The van der Waals surface area contributed by atoms with Crippen LogP contribution in [0.5, 0.6) is 0 Å². The topological polar surface area (TPSA) is 85.2 Å². The van der Waals surface area contributed by atoms with E-state index in [-0.39, 0.29) is 6.42 Å². The van der Waals surface area contributed by atoms with E-state index in [1.54, 1.807) is 18.7 Å². The number of carbonyl (C=O) groups is 2. The molecule has 136 valence electrons. The van der Waals surface area contributed by atoms with Crippen molar-refractivity contribution in [2.45, 2.75) is 38.0 Å². The molecular formula is C18H24N2O3S2. The fraction of sp³-hybridized carbons (Fsp3) is 0.389. The first kappa shape index (κ1) is 21.2. The average molecular weight is 381 g/mol. The van der Waals surface area contributed by atoms with Crippen LogP contribution in [0.1, 0.15) is 37.9 Å². The van der Waals surface area contributed by atoms with Gasteiger partial charge in [0.25, 0.3) is 0 Å². The molecule has 0 aliphatic rings. The van der Waals surface area contributed by atoms with E-state index in [1.807, 2.05) is 38.3 Å². The summed E-state index contributed by atoms with van der Waals surface area (Å²) in [5, 5.41) is 0.869. The Hall–Kier alpha value is -1.86. The van der Waals surface area contributed by atoms with Crippen LogP contribution < -0.4 is 5.73 Å². The van der Waals surface area contributed by atoms with Gasteiger partial charge in [0.1, 0.15) is 0 Å². The van der Waals surface area contributed by atoms with Crippen molar-refractivity contribution in [2.24, 2.45) is 5.73 Å². The number of nitrogens with two attached hydrogens (primary N) is 1. The normalized spacial score (nSPS) is 11.4. The number of benzene rings is 1. The molecule has 2 rings (SSSR count). The third kappa shape index (κ3) is 4.61. The van der Waals surface area contributed by atoms with Crippen molar-refractivity contribution in [3.05, 3.63) is 34.0 Å². The van der Waals surface area contributed by atoms with Gasteiger partial charge in [-0.05, 0) is 25.3 Å². The van der Waals surface area contributed by atoms with Crippen molar-refractivity contribution < 1.29 is 14.3 Å². The maximum atomic E-state index is 12.0. The zero-order valence-corrected chi connectivity index (χ0v) is 16.8. The number of carbonyl (C=O) groups excluding carboxylic acids is 2. The van der Waals surface area contributed by atoms with E-state index in [2.05, 4.69) is 4.98 Å². The number of nitrogens with one attached hydrogen (secondary N) is 1. The molecule has 1 heterocycles. The van der Waals surface area contributed by atoms with Gasteiger partial charge in [-0.3, -0.25) is 9.59 Å². The molecule has 1 unspecified atom stereocenters. The van der Waals surface area contributed by atoms with Crippen molar-refractivity contribution in [1.29, 1.82) is 0 Å². The lowest BCUT2D eigenvalue weighted by Crippen LogP contribution is -2.20. The van der Waals surface area contributed by atoms with Gasteiger partial charge >= 0.3 is 5.97 Å². The van der Waals surface area contributed by atoms with Gasteiger partial charge in [0, 0.05) is 27.1 Å². The van der Waals surface area contributed by atoms with Crippen LogP contribution in [0.15, 0.2) is 23.1 Å². The number of hydrogen-bond donors (Lipinski definition) is 2. The average Bonchev–Trinajstić information content (AvgIpc) is 2.61. The summed E-state index contributed by atoms with van der Waals surface area (Å²) < 4.78 is 5.38. The third-order valence-electron chi connectivity index (χ3n) is 3.67. The summed E-state index contributed by atoms with van der Waals surface area (Å²) in [6.45, 7) is 5.71. The number of pyridine rings is 1. The van der Waals surface area contributed by atoms with Gasteiger partial charge in [-0.25, -0.2) is 0 Å². The molecule has 1 amide bonds. The number of esters is 1. The number of aromatic amines is 1. The zero-order valence-electron chi connectivity index (χ0n) is 15.1. The molecule has 1 atom stereocenters. The van der Waals surface area contributed by atoms with Crippen LogP contribution in [0.4, 0.5) is 0 Å². The van der Waals surface area contributed by atoms with E-state index < -0.39 is 17.8 Å². The van der Waals surface area contributed by atoms with E-state index >= 15 is 0 Å². The predicted molar refractivity (Wildman–Crippen MR) is 106 cm³/mol. The minimum absolute atomic E-state index is 0.0141. The highest BCUT2D eigenvalue weighted by molar-refractivity contribution is 7.98. The Kier molecular flexibility index (Phi) is 8.12. The molecule has 0 aliphatic heterocycles. The Morgan fingerprint density at radius 1 is 1.36 bits per heavy atom. The summed E-state index contributed by atoms with van der Waals surface area (Å²) in [4.78, 5) is 27.6. The number of rotatable bonds is 5. The lowest BCUT2D eigenvalue weighted by Gasteiger charge is -2.17. The number of methoxy groups -OCH3 is 1. The smallest absolute Gasteiger partial charge is 0.312 e. The molecule has 3 N–H and O–H groups in total. The summed E-state index contributed by atoms with van der Waals surface area (Å²) in [6, 6.07) is 5.77. The Labute approximate surface area is 157 Å². The highest BCUT2D eigenvalue weighted by Crippen LogP contribution is 2.32. The predicted octanol–water partition coefficient (Wildman–Crippen LogP) is 3.95. The van der Waals surface area contributed by atoms with E-state index in [0.29, 0.717) is 15.8 Å². The number of thioether (sulfide) groups is 1. The standard InChI is InChI=1S/C16H18N2O3S2.C2H6/c1-8(16(20)21-2)13-10(7-12(17)19)18-9-5-4-6-11(23-3)14(9)15(13)22;1-2/h4-6,8H,7H2,1-3H3,(H2,17,19)(H,18,22);1-2H3. The number of fused-ring (bicyclic) bond motifs is 1. The van der Waals surface area contributed by atoms with Crippen molar-refractivity contribution in [1.82, 2.24) is 4.98 Å². The summed E-state index contributed by atoms with van der Waals surface area (Å²) in [6.07, 6.45) is 1.95. The second-order valence-corrected chi connectivity index (χ2v) is 6.37. The second kappa shape index (κ2) is 9.58. The van der Waals surface area contributed by atoms with Gasteiger partial charge < -0.3 is 15.5 Å². The summed E-state index contributed by atoms with van der Waals surface area (Å²) in [5.74, 6) is -1.48. The summed E-state index contributed by atoms with van der Waals surface area (Å²) >= 11 is 7.21. The van der Waals surface area contributed by atoms with E-state index in [9.17, 15) is 9.59 Å². The number of hydrogen-bond acceptors (Lipinski definition) is 5. The van der Waals surface area contributed by atoms with Gasteiger partial charge in [-0.1, -0.05) is 32.1 Å². The third-order valence-corrected chi connectivity index (χ3v) is 4.87. The number of ether oxygens (including phenoxy) is 1. The number of H-pyrrole nitrogens is 1. The molecule has 0 spiro atoms. The van der Waals surface area contributed by atoms with Crippen LogP contribution in [0, 0.1) is 4.51 Å². The van der Waals surface area contributed by atoms with Crippen molar-refractivity contribution in [2.75, 3.05) is 13.4 Å². The van der Waals surface area contributed by atoms with Gasteiger partial charge in [0.05, 0.1) is 24.0 Å². The molecular weight excluding hydrogens is 356 g/mol. The first-order valence-electron chi connectivity index (χ1n) is 7.98. The van der Waals surface area contributed by atoms with Gasteiger partial charge in [0.2, 0.25) is 5.91 Å². The van der Waals surface area contributed by atoms with E-state index in [0.717, 1.165) is 15.8 Å². The van der Waals surface area contributed by atoms with Crippen LogP contribution in [0.3, 0.4) is 0 Å². The van der Waals surface area contributed by atoms with E-state index in [4.69, 9.17) is 22.7 Å². The van der Waals surface area contributed by atoms with E-state index in [1.165, 1.54) is 7.11 Å². The van der Waals surface area contributed by atoms with Crippen LogP contribution >= 0.6 is 24.0 Å². The van der Waals surface area contributed by atoms with Gasteiger partial charge in [0.15, 0.2) is 0 Å². The highest BCUT2D eigenvalue weighted by atomic mass is 32.2. The molecule has 0 bridgehead atoms. The van der Waals surface area contributed by atoms with Crippen molar-refractivity contribution >= 4 is 46.8 Å². The molecule has 25 heavy (non-hydrogen) atoms. The maximum Gasteiger partial charge on any atom is 0.312 e. The Morgan fingerprint density at radius 3 is 2.52 bits per heavy atom. The maximum absolute atomic E-state index is 12.0. The fourth-order valence-electron chi connectivity index (χ4n) is 2.61. The van der Waals surface area contributed by atoms with Gasteiger partial charge in [-0.2, -0.15) is 0 Å².